The molecule has 6 nitrogen and oxygen atoms in total. The lowest BCUT2D eigenvalue weighted by Crippen LogP contribution is -2.38. The van der Waals surface area contributed by atoms with Crippen LogP contribution in [0.2, 0.25) is 0 Å². The monoisotopic (exact) mass is 367 g/mol. The molecule has 0 aliphatic heterocycles. The van der Waals surface area contributed by atoms with Gasteiger partial charge in [-0.05, 0) is 43.7 Å². The molecule has 3 aromatic rings. The van der Waals surface area contributed by atoms with E-state index in [0.717, 1.165) is 28.8 Å². The first-order valence-corrected chi connectivity index (χ1v) is 9.00. The van der Waals surface area contributed by atoms with Gasteiger partial charge in [-0.1, -0.05) is 24.3 Å². The van der Waals surface area contributed by atoms with Crippen LogP contribution in [-0.4, -0.2) is 24.7 Å². The normalized spacial score (nSPS) is 12.8. The maximum atomic E-state index is 9.91. The molecule has 1 atom stereocenters. The van der Waals surface area contributed by atoms with Gasteiger partial charge in [0.1, 0.15) is 11.3 Å². The summed E-state index contributed by atoms with van der Waals surface area (Å²) in [7, 11) is 1.53. The molecule has 0 bridgehead atoms. The van der Waals surface area contributed by atoms with Gasteiger partial charge >= 0.3 is 0 Å². The number of aromatic hydroxyl groups is 1. The van der Waals surface area contributed by atoms with Crippen LogP contribution >= 0.6 is 0 Å². The number of nitrogens with zero attached hydrogens (tertiary/aromatic N) is 1. The molecule has 142 valence electrons. The predicted molar refractivity (Wildman–Crippen MR) is 107 cm³/mol. The van der Waals surface area contributed by atoms with E-state index in [1.54, 1.807) is 12.1 Å². The minimum absolute atomic E-state index is 0.0422. The number of methoxy groups -OCH3 is 1. The van der Waals surface area contributed by atoms with E-state index in [4.69, 9.17) is 9.15 Å². The second-order valence-corrected chi connectivity index (χ2v) is 6.25. The molecule has 2 aromatic carbocycles. The standard InChI is InChI=1S/C21H25N3O3/c1-4-22-21(23-13-15-9-10-19(26-3)17(25)11-15)24-14(2)20-12-16-7-5-6-8-18(16)27-20/h5-12,14,25H,4,13H2,1-3H3,(H2,22,23,24). The van der Waals surface area contributed by atoms with Crippen LogP contribution in [0.5, 0.6) is 11.5 Å². The number of nitrogens with one attached hydrogen (secondary N) is 2. The van der Waals surface area contributed by atoms with Crippen molar-refractivity contribution in [3.05, 3.63) is 59.9 Å². The summed E-state index contributed by atoms with van der Waals surface area (Å²) in [5.41, 5.74) is 1.76. The summed E-state index contributed by atoms with van der Waals surface area (Å²) in [6.07, 6.45) is 0. The fourth-order valence-electron chi connectivity index (χ4n) is 2.82. The van der Waals surface area contributed by atoms with Gasteiger partial charge in [-0.3, -0.25) is 0 Å². The number of aliphatic imine (C=N–C) groups is 1. The number of fused-ring (bicyclic) bond motifs is 1. The number of benzene rings is 2. The molecular weight excluding hydrogens is 342 g/mol. The van der Waals surface area contributed by atoms with Crippen molar-refractivity contribution >= 4 is 16.9 Å². The summed E-state index contributed by atoms with van der Waals surface area (Å²) in [4.78, 5) is 4.60. The fraction of sp³-hybridized carbons (Fsp3) is 0.286. The molecule has 0 aliphatic rings. The van der Waals surface area contributed by atoms with E-state index < -0.39 is 0 Å². The Labute approximate surface area is 158 Å². The average Bonchev–Trinajstić information content (AvgIpc) is 3.11. The Kier molecular flexibility index (Phi) is 5.86. The van der Waals surface area contributed by atoms with Gasteiger partial charge in [-0.15, -0.1) is 0 Å². The lowest BCUT2D eigenvalue weighted by atomic mass is 10.2. The summed E-state index contributed by atoms with van der Waals surface area (Å²) in [6, 6.07) is 15.2. The van der Waals surface area contributed by atoms with Gasteiger partial charge in [0.15, 0.2) is 17.5 Å². The van der Waals surface area contributed by atoms with Crippen LogP contribution in [0.1, 0.15) is 31.2 Å². The van der Waals surface area contributed by atoms with Crippen LogP contribution in [0.4, 0.5) is 0 Å². The Morgan fingerprint density at radius 2 is 2.04 bits per heavy atom. The molecule has 0 saturated heterocycles. The molecular formula is C21H25N3O3. The number of phenols is 1. The van der Waals surface area contributed by atoms with E-state index in [-0.39, 0.29) is 11.8 Å². The molecule has 0 spiro atoms. The molecule has 3 N–H and O–H groups in total. The van der Waals surface area contributed by atoms with Gasteiger partial charge in [0, 0.05) is 11.9 Å². The smallest absolute Gasteiger partial charge is 0.192 e. The zero-order chi connectivity index (χ0) is 19.2. The van der Waals surface area contributed by atoms with Crippen molar-refractivity contribution in [1.29, 1.82) is 0 Å². The molecule has 3 rings (SSSR count). The van der Waals surface area contributed by atoms with Crippen molar-refractivity contribution in [1.82, 2.24) is 10.6 Å². The predicted octanol–water partition coefficient (Wildman–Crippen LogP) is 3.96. The minimum atomic E-state index is -0.0422. The van der Waals surface area contributed by atoms with Crippen LogP contribution in [0.25, 0.3) is 11.0 Å². The molecule has 0 fully saturated rings. The molecule has 0 radical (unpaired) electrons. The fourth-order valence-corrected chi connectivity index (χ4v) is 2.82. The highest BCUT2D eigenvalue weighted by molar-refractivity contribution is 5.81. The molecule has 0 aliphatic carbocycles. The number of para-hydroxylation sites is 1. The van der Waals surface area contributed by atoms with Crippen molar-refractivity contribution in [2.75, 3.05) is 13.7 Å². The second kappa shape index (κ2) is 8.49. The van der Waals surface area contributed by atoms with E-state index >= 15 is 0 Å². The van der Waals surface area contributed by atoms with Gasteiger partial charge in [-0.2, -0.15) is 0 Å². The zero-order valence-electron chi connectivity index (χ0n) is 15.8. The van der Waals surface area contributed by atoms with Gasteiger partial charge in [-0.25, -0.2) is 4.99 Å². The minimum Gasteiger partial charge on any atom is -0.504 e. The van der Waals surface area contributed by atoms with Crippen molar-refractivity contribution in [2.45, 2.75) is 26.4 Å². The molecule has 1 heterocycles. The Bertz CT molecular complexity index is 900. The Hall–Kier alpha value is -3.15. The highest BCUT2D eigenvalue weighted by atomic mass is 16.5. The number of guanidine groups is 1. The van der Waals surface area contributed by atoms with Gasteiger partial charge in [0.05, 0.1) is 19.7 Å². The Morgan fingerprint density at radius 1 is 1.22 bits per heavy atom. The molecule has 6 heteroatoms. The number of ether oxygens (including phenoxy) is 1. The van der Waals surface area contributed by atoms with Crippen molar-refractivity contribution < 1.29 is 14.3 Å². The number of hydrogen-bond donors (Lipinski definition) is 3. The van der Waals surface area contributed by atoms with Crippen LogP contribution in [0.15, 0.2) is 57.9 Å². The SMILES string of the molecule is CCNC(=NCc1ccc(OC)c(O)c1)NC(C)c1cc2ccccc2o1. The van der Waals surface area contributed by atoms with Crippen LogP contribution in [0, 0.1) is 0 Å². The quantitative estimate of drug-likeness (QED) is 0.454. The highest BCUT2D eigenvalue weighted by Gasteiger charge is 2.13. The van der Waals surface area contributed by atoms with E-state index in [2.05, 4.69) is 15.6 Å². The van der Waals surface area contributed by atoms with Gasteiger partial charge in [0.2, 0.25) is 0 Å². The lowest BCUT2D eigenvalue weighted by Gasteiger charge is -2.16. The first-order chi connectivity index (χ1) is 13.1. The van der Waals surface area contributed by atoms with E-state index in [1.807, 2.05) is 50.2 Å². The average molecular weight is 367 g/mol. The summed E-state index contributed by atoms with van der Waals surface area (Å²) >= 11 is 0. The lowest BCUT2D eigenvalue weighted by molar-refractivity contribution is 0.373. The first-order valence-electron chi connectivity index (χ1n) is 9.00. The zero-order valence-corrected chi connectivity index (χ0v) is 15.8. The van der Waals surface area contributed by atoms with E-state index in [0.29, 0.717) is 18.3 Å². The van der Waals surface area contributed by atoms with Crippen LogP contribution < -0.4 is 15.4 Å². The summed E-state index contributed by atoms with van der Waals surface area (Å²) in [6.45, 7) is 5.22. The summed E-state index contributed by atoms with van der Waals surface area (Å²) in [5, 5.41) is 17.6. The van der Waals surface area contributed by atoms with Gasteiger partial charge < -0.3 is 24.9 Å². The number of hydrogen-bond acceptors (Lipinski definition) is 4. The topological polar surface area (TPSA) is 79.0 Å². The van der Waals surface area contributed by atoms with E-state index in [9.17, 15) is 5.11 Å². The third kappa shape index (κ3) is 4.53. The molecule has 0 amide bonds. The Balaban J connectivity index is 1.72. The summed E-state index contributed by atoms with van der Waals surface area (Å²) < 4.78 is 11.0. The first kappa shape index (κ1) is 18.6. The highest BCUT2D eigenvalue weighted by Crippen LogP contribution is 2.26. The summed E-state index contributed by atoms with van der Waals surface area (Å²) in [5.74, 6) is 2.09. The van der Waals surface area contributed by atoms with Crippen molar-refractivity contribution in [3.63, 3.8) is 0 Å². The second-order valence-electron chi connectivity index (χ2n) is 6.25. The third-order valence-corrected chi connectivity index (χ3v) is 4.23. The maximum absolute atomic E-state index is 9.91. The third-order valence-electron chi connectivity index (χ3n) is 4.23. The van der Waals surface area contributed by atoms with Gasteiger partial charge in [0.25, 0.3) is 0 Å². The maximum Gasteiger partial charge on any atom is 0.192 e. The molecule has 1 aromatic heterocycles. The molecule has 0 saturated carbocycles. The van der Waals surface area contributed by atoms with E-state index in [1.165, 1.54) is 7.11 Å². The van der Waals surface area contributed by atoms with Crippen LogP contribution in [-0.2, 0) is 6.54 Å². The largest absolute Gasteiger partial charge is 0.504 e. The van der Waals surface area contributed by atoms with Crippen molar-refractivity contribution in [2.24, 2.45) is 4.99 Å². The number of phenolic OH excluding ortho intramolecular Hbond substituents is 1. The van der Waals surface area contributed by atoms with Crippen LogP contribution in [0.3, 0.4) is 0 Å². The van der Waals surface area contributed by atoms with Crippen molar-refractivity contribution in [3.8, 4) is 11.5 Å². The molecule has 1 unspecified atom stereocenters. The Morgan fingerprint density at radius 3 is 2.74 bits per heavy atom. The number of rotatable bonds is 6. The number of furan rings is 1. The molecule has 27 heavy (non-hydrogen) atoms.